The molecule has 0 bridgehead atoms. The Hall–Kier alpha value is -1.90. The molecule has 2 aromatic rings. The number of hydrogen-bond donors (Lipinski definition) is 2. The number of aromatic nitrogens is 2. The Kier molecular flexibility index (Phi) is 5.95. The van der Waals surface area contributed by atoms with Gasteiger partial charge in [0.05, 0.1) is 6.10 Å². The minimum atomic E-state index is -1.58. The lowest BCUT2D eigenvalue weighted by molar-refractivity contribution is -0.0498. The maximum atomic E-state index is 11.9. The highest BCUT2D eigenvalue weighted by Gasteiger charge is 2.43. The van der Waals surface area contributed by atoms with Gasteiger partial charge in [0.1, 0.15) is 12.7 Å². The smallest absolute Gasteiger partial charge is 0.388 e. The number of aromatic amines is 1. The predicted molar refractivity (Wildman–Crippen MR) is 97.7 cm³/mol. The fourth-order valence-corrected chi connectivity index (χ4v) is 3.70. The van der Waals surface area contributed by atoms with Crippen LogP contribution in [0.15, 0.2) is 52.2 Å². The van der Waals surface area contributed by atoms with Crippen molar-refractivity contribution in [3.05, 3.63) is 63.4 Å². The van der Waals surface area contributed by atoms with Crippen LogP contribution in [0.25, 0.3) is 0 Å². The molecule has 1 saturated heterocycles. The molecule has 1 aromatic carbocycles. The number of para-hydroxylation sites is 1. The van der Waals surface area contributed by atoms with Gasteiger partial charge >= 0.3 is 12.8 Å². The van der Waals surface area contributed by atoms with Crippen molar-refractivity contribution >= 4 is 19.0 Å². The number of benzene rings is 1. The lowest BCUT2D eigenvalue weighted by Gasteiger charge is -2.17. The van der Waals surface area contributed by atoms with E-state index in [2.05, 4.69) is 4.98 Å². The molecule has 0 aliphatic carbocycles. The Morgan fingerprint density at radius 1 is 1.31 bits per heavy atom. The summed E-state index contributed by atoms with van der Waals surface area (Å²) in [7, 11) is -1.58. The van der Waals surface area contributed by atoms with E-state index in [1.165, 1.54) is 12.3 Å². The Morgan fingerprint density at radius 2 is 2.04 bits per heavy atom. The first kappa shape index (κ1) is 18.9. The summed E-state index contributed by atoms with van der Waals surface area (Å²) < 4.78 is 18.0. The lowest BCUT2D eigenvalue weighted by atomic mass is 10.0. The average Bonchev–Trinajstić information content (AvgIpc) is 2.89. The Balaban J connectivity index is 1.62. The van der Waals surface area contributed by atoms with E-state index in [9.17, 15) is 14.7 Å². The molecule has 1 aromatic heterocycles. The Bertz CT molecular complexity index is 886. The molecule has 8 nitrogen and oxygen atoms in total. The predicted octanol–water partition coefficient (Wildman–Crippen LogP) is 1.30. The van der Waals surface area contributed by atoms with Gasteiger partial charge in [0.25, 0.3) is 5.56 Å². The third kappa shape index (κ3) is 4.25. The van der Waals surface area contributed by atoms with Crippen molar-refractivity contribution < 1.29 is 18.9 Å². The number of aliphatic hydroxyl groups excluding tert-OH is 1. The van der Waals surface area contributed by atoms with Gasteiger partial charge in [-0.25, -0.2) is 4.79 Å². The zero-order valence-corrected chi connectivity index (χ0v) is 15.6. The summed E-state index contributed by atoms with van der Waals surface area (Å²) in [6, 6.07) is 10.3. The number of rotatable bonds is 6. The SMILES string of the molecule is CC1C(CO[P+](=S)Oc2ccccc2)OC(n2ccc(=O)[nH]c2=O)C1O. The molecule has 0 radical (unpaired) electrons. The summed E-state index contributed by atoms with van der Waals surface area (Å²) in [4.78, 5) is 25.2. The van der Waals surface area contributed by atoms with Gasteiger partial charge in [-0.3, -0.25) is 18.9 Å². The maximum absolute atomic E-state index is 11.9. The average molecular weight is 397 g/mol. The third-order valence-corrected chi connectivity index (χ3v) is 5.38. The Labute approximate surface area is 154 Å². The monoisotopic (exact) mass is 397 g/mol. The molecule has 2 heterocycles. The number of nitrogens with zero attached hydrogens (tertiary/aromatic N) is 1. The first-order valence-corrected chi connectivity index (χ1v) is 10.1. The molecule has 3 rings (SSSR count). The van der Waals surface area contributed by atoms with Crippen LogP contribution >= 0.6 is 7.15 Å². The molecule has 10 heteroatoms. The van der Waals surface area contributed by atoms with Crippen LogP contribution in [0.1, 0.15) is 13.2 Å². The van der Waals surface area contributed by atoms with Crippen LogP contribution in [0.2, 0.25) is 0 Å². The second-order valence-electron chi connectivity index (χ2n) is 5.86. The van der Waals surface area contributed by atoms with Crippen LogP contribution in [0.4, 0.5) is 0 Å². The highest BCUT2D eigenvalue weighted by Crippen LogP contribution is 2.35. The molecule has 5 atom stereocenters. The minimum Gasteiger partial charge on any atom is -0.388 e. The minimum absolute atomic E-state index is 0.120. The number of hydrogen-bond acceptors (Lipinski definition) is 7. The Morgan fingerprint density at radius 3 is 2.73 bits per heavy atom. The maximum Gasteiger partial charge on any atom is 0.573 e. The normalized spacial score (nSPS) is 25.8. The topological polar surface area (TPSA) is 103 Å². The van der Waals surface area contributed by atoms with E-state index in [-0.39, 0.29) is 12.5 Å². The number of H-pyrrole nitrogens is 1. The van der Waals surface area contributed by atoms with Gasteiger partial charge < -0.3 is 9.84 Å². The quantitative estimate of drug-likeness (QED) is 0.709. The largest absolute Gasteiger partial charge is 0.573 e. The zero-order valence-electron chi connectivity index (χ0n) is 13.8. The van der Waals surface area contributed by atoms with E-state index in [4.69, 9.17) is 25.6 Å². The van der Waals surface area contributed by atoms with Gasteiger partial charge in [0.15, 0.2) is 12.0 Å². The number of nitrogens with one attached hydrogen (secondary N) is 1. The molecular weight excluding hydrogens is 379 g/mol. The molecular formula is C16H18N2O6PS+. The fraction of sp³-hybridized carbons (Fsp3) is 0.375. The highest BCUT2D eigenvalue weighted by atomic mass is 32.4. The zero-order chi connectivity index (χ0) is 18.7. The van der Waals surface area contributed by atoms with Gasteiger partial charge in [0, 0.05) is 18.2 Å². The van der Waals surface area contributed by atoms with Crippen molar-refractivity contribution in [3.8, 4) is 5.75 Å². The van der Waals surface area contributed by atoms with Gasteiger partial charge in [-0.15, -0.1) is 4.52 Å². The van der Waals surface area contributed by atoms with Crippen LogP contribution in [0.5, 0.6) is 5.75 Å². The van der Waals surface area contributed by atoms with E-state index in [0.717, 1.165) is 4.57 Å². The molecule has 2 N–H and O–H groups in total. The lowest BCUT2D eigenvalue weighted by Crippen LogP contribution is -2.35. The third-order valence-electron chi connectivity index (χ3n) is 4.12. The molecule has 1 aliphatic rings. The van der Waals surface area contributed by atoms with Crippen LogP contribution in [0, 0.1) is 5.92 Å². The first-order chi connectivity index (χ1) is 12.5. The summed E-state index contributed by atoms with van der Waals surface area (Å²) in [6.45, 7) is 1.91. The van der Waals surface area contributed by atoms with E-state index in [0.29, 0.717) is 5.75 Å². The fourth-order valence-electron chi connectivity index (χ4n) is 2.64. The van der Waals surface area contributed by atoms with Gasteiger partial charge in [-0.1, -0.05) is 25.1 Å². The summed E-state index contributed by atoms with van der Waals surface area (Å²) in [5.41, 5.74) is -1.16. The van der Waals surface area contributed by atoms with Gasteiger partial charge in [-0.2, -0.15) is 0 Å². The van der Waals surface area contributed by atoms with Crippen molar-refractivity contribution in [3.63, 3.8) is 0 Å². The number of aliphatic hydroxyl groups is 1. The molecule has 26 heavy (non-hydrogen) atoms. The molecule has 138 valence electrons. The van der Waals surface area contributed by atoms with E-state index >= 15 is 0 Å². The molecule has 1 aliphatic heterocycles. The van der Waals surface area contributed by atoms with Crippen LogP contribution in [-0.2, 0) is 21.1 Å². The van der Waals surface area contributed by atoms with E-state index in [1.807, 2.05) is 18.2 Å². The summed E-state index contributed by atoms with van der Waals surface area (Å²) in [6.07, 6.45) is -1.02. The second kappa shape index (κ2) is 8.20. The number of ether oxygens (including phenoxy) is 1. The van der Waals surface area contributed by atoms with Crippen molar-refractivity contribution in [1.82, 2.24) is 9.55 Å². The van der Waals surface area contributed by atoms with Gasteiger partial charge in [0.2, 0.25) is 11.8 Å². The summed E-state index contributed by atoms with van der Waals surface area (Å²) in [5.74, 6) is 0.320. The molecule has 0 amide bonds. The van der Waals surface area contributed by atoms with Crippen molar-refractivity contribution in [2.45, 2.75) is 25.4 Å². The summed E-state index contributed by atoms with van der Waals surface area (Å²) >= 11 is 5.19. The first-order valence-electron chi connectivity index (χ1n) is 7.94. The van der Waals surface area contributed by atoms with Crippen molar-refractivity contribution in [1.29, 1.82) is 0 Å². The van der Waals surface area contributed by atoms with E-state index in [1.54, 1.807) is 19.1 Å². The molecule has 5 unspecified atom stereocenters. The van der Waals surface area contributed by atoms with Crippen molar-refractivity contribution in [2.75, 3.05) is 6.61 Å². The van der Waals surface area contributed by atoms with E-state index < -0.39 is 36.8 Å². The second-order valence-corrected chi connectivity index (χ2v) is 7.64. The highest BCUT2D eigenvalue weighted by molar-refractivity contribution is 8.00. The van der Waals surface area contributed by atoms with Crippen LogP contribution in [0.3, 0.4) is 0 Å². The van der Waals surface area contributed by atoms with Gasteiger partial charge in [-0.05, 0) is 12.1 Å². The van der Waals surface area contributed by atoms with Crippen molar-refractivity contribution in [2.24, 2.45) is 5.92 Å². The molecule has 0 saturated carbocycles. The standard InChI is InChI=1S/C16H17N2O6PS/c1-10-12(9-22-25(26)24-11-5-3-2-4-6-11)23-15(14(10)20)18-8-7-13(19)17-16(18)21/h2-8,10,12,14-15,20H,9H2,1H3/p+1. The van der Waals surface area contributed by atoms with Crippen LogP contribution in [-0.4, -0.2) is 33.5 Å². The molecule has 0 spiro atoms. The molecule has 1 fully saturated rings. The summed E-state index contributed by atoms with van der Waals surface area (Å²) in [5, 5.41) is 10.4. The van der Waals surface area contributed by atoms with Crippen LogP contribution < -0.4 is 15.8 Å².